The van der Waals surface area contributed by atoms with Crippen molar-refractivity contribution in [1.29, 1.82) is 0 Å². The molecule has 0 radical (unpaired) electrons. The van der Waals surface area contributed by atoms with Gasteiger partial charge in [-0.2, -0.15) is 0 Å². The number of hydrogen-bond acceptors (Lipinski definition) is 7. The van der Waals surface area contributed by atoms with Crippen LogP contribution in [0, 0.1) is 12.3 Å². The molecule has 0 unspecified atom stereocenters. The molecule has 0 amide bonds. The highest BCUT2D eigenvalue weighted by Gasteiger charge is 2.35. The molecule has 1 aromatic heterocycles. The van der Waals surface area contributed by atoms with E-state index in [0.717, 1.165) is 4.47 Å². The van der Waals surface area contributed by atoms with Crippen LogP contribution in [0.5, 0.6) is 11.5 Å². The maximum absolute atomic E-state index is 13.9. The molecule has 4 rings (SSSR count). The Morgan fingerprint density at radius 1 is 1.27 bits per heavy atom. The van der Waals surface area contributed by atoms with E-state index in [0.29, 0.717) is 37.7 Å². The van der Waals surface area contributed by atoms with Crippen LogP contribution in [-0.4, -0.2) is 30.4 Å². The fourth-order valence-electron chi connectivity index (χ4n) is 4.07. The van der Waals surface area contributed by atoms with E-state index in [1.807, 2.05) is 30.3 Å². The van der Waals surface area contributed by atoms with Crippen LogP contribution in [0.4, 0.5) is 0 Å². The third kappa shape index (κ3) is 5.41. The second kappa shape index (κ2) is 11.2. The summed E-state index contributed by atoms with van der Waals surface area (Å²) in [7, 11) is 1.55. The lowest BCUT2D eigenvalue weighted by Gasteiger charge is -2.26. The number of terminal acetylenes is 1. The van der Waals surface area contributed by atoms with Crippen LogP contribution < -0.4 is 24.4 Å². The Bertz CT molecular complexity index is 1610. The summed E-state index contributed by atoms with van der Waals surface area (Å²) >= 11 is 4.74. The number of allylic oxidation sites excluding steroid dienone is 1. The molecule has 0 bridgehead atoms. The number of thiazole rings is 1. The van der Waals surface area contributed by atoms with E-state index in [9.17, 15) is 9.59 Å². The summed E-state index contributed by atoms with van der Waals surface area (Å²) in [5.74, 6) is 3.01. The van der Waals surface area contributed by atoms with Gasteiger partial charge in [0.25, 0.3) is 5.56 Å². The molecule has 9 heteroatoms. The average Bonchev–Trinajstić information content (AvgIpc) is 3.16. The fraction of sp³-hybridized carbons (Fsp3) is 0.250. The van der Waals surface area contributed by atoms with E-state index in [4.69, 9.17) is 20.6 Å². The summed E-state index contributed by atoms with van der Waals surface area (Å²) in [6.07, 6.45) is 6.75. The lowest BCUT2D eigenvalue weighted by molar-refractivity contribution is -0.143. The highest BCUT2D eigenvalue weighted by molar-refractivity contribution is 9.10. The quantitative estimate of drug-likeness (QED) is 0.312. The van der Waals surface area contributed by atoms with Gasteiger partial charge in [-0.15, -0.1) is 6.42 Å². The van der Waals surface area contributed by atoms with E-state index in [1.165, 1.54) is 15.9 Å². The zero-order chi connectivity index (χ0) is 26.7. The first-order chi connectivity index (χ1) is 17.7. The van der Waals surface area contributed by atoms with E-state index in [1.54, 1.807) is 46.1 Å². The van der Waals surface area contributed by atoms with Crippen LogP contribution in [0.15, 0.2) is 68.0 Å². The number of rotatable bonds is 7. The Kier molecular flexibility index (Phi) is 8.00. The van der Waals surface area contributed by atoms with Crippen molar-refractivity contribution >= 4 is 39.3 Å². The first-order valence-corrected chi connectivity index (χ1v) is 13.1. The van der Waals surface area contributed by atoms with Gasteiger partial charge in [0.15, 0.2) is 4.80 Å². The van der Waals surface area contributed by atoms with E-state index >= 15 is 0 Å². The van der Waals surface area contributed by atoms with Gasteiger partial charge in [-0.3, -0.25) is 9.36 Å². The predicted molar refractivity (Wildman–Crippen MR) is 146 cm³/mol. The lowest BCUT2D eigenvalue weighted by atomic mass is 9.95. The zero-order valence-electron chi connectivity index (χ0n) is 20.8. The second-order valence-corrected chi connectivity index (χ2v) is 10.4. The molecule has 2 aromatic carbocycles. The Morgan fingerprint density at radius 2 is 2.03 bits per heavy atom. The SMILES string of the molecule is C#CCOc1ccccc1/C=c1\sc2n(c1=O)[C@@H](c1cc(Br)ccc1OC)C(C(=O)OC(C)C)=C(C)N=2. The first-order valence-electron chi connectivity index (χ1n) is 11.5. The molecule has 190 valence electrons. The summed E-state index contributed by atoms with van der Waals surface area (Å²) in [5, 5.41) is 0. The Hall–Kier alpha value is -3.61. The van der Waals surface area contributed by atoms with Gasteiger partial charge in [0.2, 0.25) is 0 Å². The van der Waals surface area contributed by atoms with Gasteiger partial charge in [-0.05, 0) is 51.1 Å². The maximum Gasteiger partial charge on any atom is 0.338 e. The van der Waals surface area contributed by atoms with Gasteiger partial charge in [-0.25, -0.2) is 9.79 Å². The smallest absolute Gasteiger partial charge is 0.338 e. The van der Waals surface area contributed by atoms with Crippen LogP contribution in [-0.2, 0) is 9.53 Å². The van der Waals surface area contributed by atoms with Crippen molar-refractivity contribution in [3.63, 3.8) is 0 Å². The molecule has 0 saturated carbocycles. The number of carbonyl (C=O) groups excluding carboxylic acids is 1. The molecule has 0 aliphatic carbocycles. The number of hydrogen-bond donors (Lipinski definition) is 0. The molecule has 2 heterocycles. The fourth-order valence-corrected chi connectivity index (χ4v) is 5.48. The highest BCUT2D eigenvalue weighted by Crippen LogP contribution is 2.37. The van der Waals surface area contributed by atoms with Crippen LogP contribution in [0.3, 0.4) is 0 Å². The summed E-state index contributed by atoms with van der Waals surface area (Å²) < 4.78 is 19.6. The van der Waals surface area contributed by atoms with Gasteiger partial charge in [0, 0.05) is 15.6 Å². The highest BCUT2D eigenvalue weighted by atomic mass is 79.9. The number of methoxy groups -OCH3 is 1. The van der Waals surface area contributed by atoms with Crippen LogP contribution in [0.25, 0.3) is 6.08 Å². The van der Waals surface area contributed by atoms with Crippen molar-refractivity contribution in [3.05, 3.63) is 89.0 Å². The molecule has 1 aliphatic rings. The first kappa shape index (κ1) is 26.5. The summed E-state index contributed by atoms with van der Waals surface area (Å²) in [6, 6.07) is 12.0. The molecular weight excluding hydrogens is 556 g/mol. The standard InChI is InChI=1S/C28H25BrN2O5S/c1-6-13-35-21-10-8-7-9-18(21)14-23-26(32)31-25(20-15-19(29)11-12-22(20)34-5)24(27(33)36-16(2)3)17(4)30-28(31)37-23/h1,7-12,14-16,25H,13H2,2-5H3/b23-14-/t25-/m0/s1. The van der Waals surface area contributed by atoms with Crippen molar-refractivity contribution < 1.29 is 19.0 Å². The van der Waals surface area contributed by atoms with Crippen molar-refractivity contribution in [2.75, 3.05) is 13.7 Å². The maximum atomic E-state index is 13.9. The number of carbonyl (C=O) groups is 1. The number of benzene rings is 2. The topological polar surface area (TPSA) is 79.1 Å². The van der Waals surface area contributed by atoms with Gasteiger partial charge in [0.05, 0.1) is 29.0 Å². The zero-order valence-corrected chi connectivity index (χ0v) is 23.2. The molecule has 1 atom stereocenters. The van der Waals surface area contributed by atoms with Crippen molar-refractivity contribution in [1.82, 2.24) is 4.57 Å². The minimum atomic E-state index is -0.801. The van der Waals surface area contributed by atoms with Crippen LogP contribution in [0.2, 0.25) is 0 Å². The van der Waals surface area contributed by atoms with Crippen molar-refractivity contribution in [2.24, 2.45) is 4.99 Å². The molecule has 1 aliphatic heterocycles. The molecule has 37 heavy (non-hydrogen) atoms. The third-order valence-corrected chi connectivity index (χ3v) is 7.06. The van der Waals surface area contributed by atoms with Gasteiger partial charge in [0.1, 0.15) is 24.1 Å². The summed E-state index contributed by atoms with van der Waals surface area (Å²) in [5.41, 5.74) is 1.79. The number of fused-ring (bicyclic) bond motifs is 1. The largest absolute Gasteiger partial charge is 0.496 e. The molecule has 0 saturated heterocycles. The second-order valence-electron chi connectivity index (χ2n) is 8.45. The van der Waals surface area contributed by atoms with Crippen LogP contribution in [0.1, 0.15) is 37.9 Å². The normalized spacial score (nSPS) is 15.2. The average molecular weight is 581 g/mol. The third-order valence-electron chi connectivity index (χ3n) is 5.59. The number of halogens is 1. The molecular formula is C28H25BrN2O5S. The molecule has 3 aromatic rings. The van der Waals surface area contributed by atoms with Gasteiger partial charge < -0.3 is 14.2 Å². The monoisotopic (exact) mass is 580 g/mol. The summed E-state index contributed by atoms with van der Waals surface area (Å²) in [6.45, 7) is 5.40. The predicted octanol–water partition coefficient (Wildman–Crippen LogP) is 3.97. The summed E-state index contributed by atoms with van der Waals surface area (Å²) in [4.78, 5) is 32.3. The van der Waals surface area contributed by atoms with E-state index in [2.05, 4.69) is 26.8 Å². The number of nitrogens with zero attached hydrogens (tertiary/aromatic N) is 2. The number of aromatic nitrogens is 1. The lowest BCUT2D eigenvalue weighted by Crippen LogP contribution is -2.40. The minimum Gasteiger partial charge on any atom is -0.496 e. The Balaban J connectivity index is 1.98. The molecule has 0 fully saturated rings. The minimum absolute atomic E-state index is 0.106. The number of para-hydroxylation sites is 1. The van der Waals surface area contributed by atoms with Crippen LogP contribution >= 0.6 is 27.3 Å². The Morgan fingerprint density at radius 3 is 2.73 bits per heavy atom. The van der Waals surface area contributed by atoms with Crippen molar-refractivity contribution in [2.45, 2.75) is 32.9 Å². The molecule has 7 nitrogen and oxygen atoms in total. The molecule has 0 N–H and O–H groups in total. The van der Waals surface area contributed by atoms with E-state index in [-0.39, 0.29) is 23.8 Å². The van der Waals surface area contributed by atoms with Crippen molar-refractivity contribution in [3.8, 4) is 23.8 Å². The number of ether oxygens (including phenoxy) is 3. The van der Waals surface area contributed by atoms with Gasteiger partial charge in [-0.1, -0.05) is 51.4 Å². The Labute approximate surface area is 226 Å². The number of esters is 1. The van der Waals surface area contributed by atoms with E-state index < -0.39 is 12.0 Å². The van der Waals surface area contributed by atoms with Gasteiger partial charge >= 0.3 is 5.97 Å². The molecule has 0 spiro atoms.